The molecule has 4 heterocycles. The maximum absolute atomic E-state index is 13.7. The van der Waals surface area contributed by atoms with Gasteiger partial charge in [0.1, 0.15) is 28.4 Å². The number of hydrogen-bond donors (Lipinski definition) is 4. The zero-order chi connectivity index (χ0) is 49.7. The van der Waals surface area contributed by atoms with Crippen LogP contribution in [0.2, 0.25) is 0 Å². The second-order valence-electron chi connectivity index (χ2n) is 18.6. The fraction of sp³-hybridized carbons (Fsp3) is 0.481. The molecule has 3 aromatic carbocycles. The molecule has 0 radical (unpaired) electrons. The normalized spacial score (nSPS) is 17.3. The van der Waals surface area contributed by atoms with Crippen molar-refractivity contribution in [3.8, 4) is 17.4 Å². The van der Waals surface area contributed by atoms with Crippen molar-refractivity contribution in [1.29, 1.82) is 0 Å². The summed E-state index contributed by atoms with van der Waals surface area (Å²) in [5.74, 6) is 0.248. The molecule has 2 fully saturated rings. The SMILES string of the molecule is CCC(CC)(NC(=O)c1ccc(N2CC(OC)C2)c(OC[C@H]2C[C@@H]2CO)n1)C(=O)NCCOCCOCCNC(=O)c1ccc2c(c1)C1(OC2=O)c2ccc(N(C)C)cc2Oc2cc(N(C)C)ccc21. The monoisotopic (exact) mass is 963 g/mol. The highest BCUT2D eigenvalue weighted by Crippen LogP contribution is 2.57. The molecular weight excluding hydrogens is 899 g/mol. The first kappa shape index (κ1) is 49.9. The average Bonchev–Trinajstić information content (AvgIpc) is 4.06. The van der Waals surface area contributed by atoms with Gasteiger partial charge >= 0.3 is 5.97 Å². The van der Waals surface area contributed by atoms with Gasteiger partial charge in [0.05, 0.1) is 44.7 Å². The van der Waals surface area contributed by atoms with Gasteiger partial charge in [-0.2, -0.15) is 0 Å². The fourth-order valence-corrected chi connectivity index (χ4v) is 9.16. The van der Waals surface area contributed by atoms with Crippen LogP contribution in [-0.4, -0.2) is 147 Å². The number of carbonyl (C=O) groups is 4. The number of anilines is 3. The number of esters is 1. The first-order valence-electron chi connectivity index (χ1n) is 24.0. The number of benzene rings is 3. The first-order valence-corrected chi connectivity index (χ1v) is 24.0. The van der Waals surface area contributed by atoms with Crippen molar-refractivity contribution in [2.24, 2.45) is 11.8 Å². The summed E-state index contributed by atoms with van der Waals surface area (Å²) in [5, 5.41) is 18.3. The van der Waals surface area contributed by atoms with Gasteiger partial charge < -0.3 is 64.2 Å². The summed E-state index contributed by atoms with van der Waals surface area (Å²) >= 11 is 0. The maximum Gasteiger partial charge on any atom is 0.340 e. The Bertz CT molecular complexity index is 2520. The van der Waals surface area contributed by atoms with E-state index in [9.17, 15) is 24.3 Å². The first-order chi connectivity index (χ1) is 33.7. The van der Waals surface area contributed by atoms with Crippen LogP contribution in [0.1, 0.15) is 81.0 Å². The van der Waals surface area contributed by atoms with Crippen molar-refractivity contribution < 1.29 is 52.7 Å². The number of aliphatic hydroxyl groups is 1. The van der Waals surface area contributed by atoms with E-state index in [0.29, 0.717) is 77.7 Å². The second-order valence-corrected chi connectivity index (χ2v) is 18.6. The van der Waals surface area contributed by atoms with Crippen molar-refractivity contribution in [3.63, 3.8) is 0 Å². The van der Waals surface area contributed by atoms with E-state index >= 15 is 0 Å². The van der Waals surface area contributed by atoms with Gasteiger partial charge in [-0.15, -0.1) is 0 Å². The maximum atomic E-state index is 13.7. The summed E-state index contributed by atoms with van der Waals surface area (Å²) in [6, 6.07) is 20.0. The smallest absolute Gasteiger partial charge is 0.340 e. The van der Waals surface area contributed by atoms with E-state index in [1.807, 2.05) is 94.3 Å². The molecule has 8 rings (SSSR count). The number of rotatable bonds is 23. The summed E-state index contributed by atoms with van der Waals surface area (Å²) < 4.78 is 35.8. The average molecular weight is 964 g/mol. The molecule has 0 bridgehead atoms. The number of aromatic nitrogens is 1. The van der Waals surface area contributed by atoms with Crippen LogP contribution in [0, 0.1) is 11.8 Å². The molecule has 0 unspecified atom stereocenters. The standard InChI is InChI=1S/C52H65N7O11/c1-8-51(9-2,56-47(62)42-16-17-43(59-28-37(29-59)65-7)48(55-42)68-31-34-24-33(34)30-60)50(64)54-19-21-67-23-22-66-20-18-53-46(61)32-10-13-38-41(25-32)52(70-49(38)63)39-14-11-35(57(3)4)26-44(39)69-45-27-36(58(5)6)12-15-40(45)52/h10-17,25-27,33-34,37,60H,8-9,18-24,28-31H2,1-7H3,(H,53,61)(H,54,64)(H,56,62)/t33-,34-/m1/s1. The molecule has 1 saturated heterocycles. The summed E-state index contributed by atoms with van der Waals surface area (Å²) in [6.07, 6.45) is 1.69. The van der Waals surface area contributed by atoms with Gasteiger partial charge in [-0.25, -0.2) is 9.78 Å². The number of ether oxygens (including phenoxy) is 6. The second kappa shape index (κ2) is 21.3. The van der Waals surface area contributed by atoms with Crippen molar-refractivity contribution in [3.05, 3.63) is 100 Å². The van der Waals surface area contributed by atoms with Gasteiger partial charge in [0.2, 0.25) is 11.8 Å². The lowest BCUT2D eigenvalue weighted by Gasteiger charge is -2.40. The minimum atomic E-state index is -1.34. The number of aliphatic hydroxyl groups excluding tert-OH is 1. The minimum absolute atomic E-state index is 0.107. The Morgan fingerprint density at radius 3 is 2.04 bits per heavy atom. The van der Waals surface area contributed by atoms with Crippen LogP contribution in [0.4, 0.5) is 17.1 Å². The molecule has 1 spiro atoms. The van der Waals surface area contributed by atoms with Crippen LogP contribution in [0.5, 0.6) is 17.4 Å². The van der Waals surface area contributed by atoms with Gasteiger partial charge in [-0.05, 0) is 85.7 Å². The van der Waals surface area contributed by atoms with Gasteiger partial charge in [0.15, 0.2) is 5.60 Å². The van der Waals surface area contributed by atoms with Crippen LogP contribution < -0.4 is 40.1 Å². The molecule has 1 aliphatic carbocycles. The molecule has 2 atom stereocenters. The van der Waals surface area contributed by atoms with Crippen molar-refractivity contribution in [2.45, 2.75) is 50.4 Å². The van der Waals surface area contributed by atoms with E-state index < -0.39 is 23.0 Å². The lowest BCUT2D eigenvalue weighted by atomic mass is 9.77. The third-order valence-electron chi connectivity index (χ3n) is 13.8. The Morgan fingerprint density at radius 1 is 0.814 bits per heavy atom. The molecule has 4 aliphatic rings. The molecule has 3 aliphatic heterocycles. The largest absolute Gasteiger partial charge is 0.476 e. The molecule has 374 valence electrons. The number of pyridine rings is 1. The fourth-order valence-electron chi connectivity index (χ4n) is 9.16. The van der Waals surface area contributed by atoms with E-state index in [1.165, 1.54) is 0 Å². The summed E-state index contributed by atoms with van der Waals surface area (Å²) in [6.45, 7) is 6.93. The third kappa shape index (κ3) is 10.1. The van der Waals surface area contributed by atoms with Crippen molar-refractivity contribution in [1.82, 2.24) is 20.9 Å². The lowest BCUT2D eigenvalue weighted by Crippen LogP contribution is -2.58. The zero-order valence-electron chi connectivity index (χ0n) is 41.1. The van der Waals surface area contributed by atoms with Gasteiger partial charge in [-0.1, -0.05) is 13.8 Å². The number of methoxy groups -OCH3 is 1. The number of nitrogens with zero attached hydrogens (tertiary/aromatic N) is 4. The Labute approximate surface area is 408 Å². The lowest BCUT2D eigenvalue weighted by molar-refractivity contribution is -0.128. The topological polar surface area (TPSA) is 203 Å². The highest BCUT2D eigenvalue weighted by Gasteiger charge is 2.54. The predicted molar refractivity (Wildman–Crippen MR) is 263 cm³/mol. The summed E-state index contributed by atoms with van der Waals surface area (Å²) in [4.78, 5) is 65.0. The number of hydrogen-bond acceptors (Lipinski definition) is 15. The molecule has 1 saturated carbocycles. The van der Waals surface area contributed by atoms with E-state index in [4.69, 9.17) is 28.4 Å². The Morgan fingerprint density at radius 2 is 1.46 bits per heavy atom. The molecule has 18 heteroatoms. The molecule has 4 aromatic rings. The van der Waals surface area contributed by atoms with Gasteiger partial charge in [0, 0.05) is 114 Å². The van der Waals surface area contributed by atoms with Crippen LogP contribution in [0.15, 0.2) is 66.7 Å². The third-order valence-corrected chi connectivity index (χ3v) is 13.8. The Balaban J connectivity index is 0.799. The molecule has 70 heavy (non-hydrogen) atoms. The Hall–Kier alpha value is -6.47. The minimum Gasteiger partial charge on any atom is -0.476 e. The Kier molecular flexibility index (Phi) is 15.2. The molecule has 4 N–H and O–H groups in total. The summed E-state index contributed by atoms with van der Waals surface area (Å²) in [5.41, 5.74) is 2.81. The molecular formula is C52H65N7O11. The zero-order valence-corrected chi connectivity index (χ0v) is 41.1. The van der Waals surface area contributed by atoms with Gasteiger partial charge in [-0.3, -0.25) is 14.4 Å². The quantitative estimate of drug-likeness (QED) is 0.0598. The van der Waals surface area contributed by atoms with Crippen LogP contribution in [-0.2, 0) is 29.3 Å². The van der Waals surface area contributed by atoms with Crippen molar-refractivity contribution in [2.75, 3.05) is 116 Å². The molecule has 3 amide bonds. The molecule has 1 aromatic heterocycles. The number of fused-ring (bicyclic) bond motifs is 6. The van der Waals surface area contributed by atoms with Crippen LogP contribution >= 0.6 is 0 Å². The number of amides is 3. The highest BCUT2D eigenvalue weighted by atomic mass is 16.6. The van der Waals surface area contributed by atoms with E-state index in [0.717, 1.165) is 23.5 Å². The van der Waals surface area contributed by atoms with E-state index in [2.05, 4.69) is 25.8 Å². The van der Waals surface area contributed by atoms with Crippen molar-refractivity contribution >= 4 is 40.8 Å². The highest BCUT2D eigenvalue weighted by molar-refractivity contribution is 6.01. The number of nitrogens with one attached hydrogen (secondary N) is 3. The van der Waals surface area contributed by atoms with Gasteiger partial charge in [0.25, 0.3) is 11.8 Å². The molecule has 18 nitrogen and oxygen atoms in total. The van der Waals surface area contributed by atoms with Crippen LogP contribution in [0.3, 0.4) is 0 Å². The van der Waals surface area contributed by atoms with E-state index in [-0.39, 0.29) is 81.6 Å². The summed E-state index contributed by atoms with van der Waals surface area (Å²) in [7, 11) is 9.44. The van der Waals surface area contributed by atoms with E-state index in [1.54, 1.807) is 31.4 Å². The number of carbonyl (C=O) groups excluding carboxylic acids is 4. The van der Waals surface area contributed by atoms with Crippen LogP contribution in [0.25, 0.3) is 0 Å². The predicted octanol–water partition coefficient (Wildman–Crippen LogP) is 4.49.